The molecule has 0 N–H and O–H groups in total. The second-order valence-electron chi connectivity index (χ2n) is 3.27. The van der Waals surface area contributed by atoms with Crippen molar-refractivity contribution in [3.8, 4) is 0 Å². The molecular weight excluding hydrogens is 128 g/mol. The van der Waals surface area contributed by atoms with Gasteiger partial charge in [-0.2, -0.15) is 12.6 Å². The van der Waals surface area contributed by atoms with Crippen LogP contribution < -0.4 is 0 Å². The predicted molar refractivity (Wildman–Crippen MR) is 45.0 cm³/mol. The number of thiol groups is 1. The van der Waals surface area contributed by atoms with E-state index in [1.165, 1.54) is 32.1 Å². The van der Waals surface area contributed by atoms with Gasteiger partial charge >= 0.3 is 0 Å². The van der Waals surface area contributed by atoms with Crippen molar-refractivity contribution >= 4 is 12.6 Å². The molecule has 1 heteroatoms. The highest BCUT2D eigenvalue weighted by atomic mass is 32.1. The molecule has 1 rings (SSSR count). The van der Waals surface area contributed by atoms with Gasteiger partial charge < -0.3 is 0 Å². The van der Waals surface area contributed by atoms with E-state index in [9.17, 15) is 0 Å². The zero-order chi connectivity index (χ0) is 6.69. The fourth-order valence-corrected chi connectivity index (χ4v) is 1.80. The molecule has 0 aromatic carbocycles. The monoisotopic (exact) mass is 144 g/mol. The quantitative estimate of drug-likeness (QED) is 0.392. The molecule has 9 heavy (non-hydrogen) atoms. The molecule has 0 radical (unpaired) electrons. The molecule has 1 aliphatic carbocycles. The third kappa shape index (κ3) is 2.61. The maximum absolute atomic E-state index is 4.47. The van der Waals surface area contributed by atoms with Crippen molar-refractivity contribution in [3.05, 3.63) is 0 Å². The van der Waals surface area contributed by atoms with Gasteiger partial charge in [0.1, 0.15) is 0 Å². The van der Waals surface area contributed by atoms with Crippen LogP contribution in [-0.4, -0.2) is 5.25 Å². The summed E-state index contributed by atoms with van der Waals surface area (Å²) in [6.45, 7) is 2.35. The molecule has 54 valence electrons. The van der Waals surface area contributed by atoms with Crippen LogP contribution in [0.5, 0.6) is 0 Å². The van der Waals surface area contributed by atoms with E-state index in [4.69, 9.17) is 0 Å². The summed E-state index contributed by atoms with van der Waals surface area (Å²) >= 11 is 4.47. The molecule has 0 spiro atoms. The van der Waals surface area contributed by atoms with Crippen molar-refractivity contribution in [2.24, 2.45) is 5.92 Å². The first-order valence-electron chi connectivity index (χ1n) is 3.97. The largest absolute Gasteiger partial charge is 0.176 e. The smallest absolute Gasteiger partial charge is 0.00169 e. The van der Waals surface area contributed by atoms with Crippen LogP contribution in [0.4, 0.5) is 0 Å². The molecule has 0 aliphatic heterocycles. The summed E-state index contributed by atoms with van der Waals surface area (Å²) in [5.74, 6) is 0.960. The number of hydrogen-bond acceptors (Lipinski definition) is 1. The van der Waals surface area contributed by atoms with Crippen molar-refractivity contribution in [1.29, 1.82) is 0 Å². The van der Waals surface area contributed by atoms with Crippen LogP contribution in [0.15, 0.2) is 0 Å². The highest BCUT2D eigenvalue weighted by molar-refractivity contribution is 7.80. The van der Waals surface area contributed by atoms with Gasteiger partial charge in [0, 0.05) is 5.25 Å². The minimum absolute atomic E-state index is 0.704. The molecule has 0 aromatic rings. The molecule has 0 aromatic heterocycles. The van der Waals surface area contributed by atoms with Gasteiger partial charge in [0.2, 0.25) is 0 Å². The Morgan fingerprint density at radius 1 is 1.11 bits per heavy atom. The summed E-state index contributed by atoms with van der Waals surface area (Å²) in [4.78, 5) is 0. The van der Waals surface area contributed by atoms with Crippen LogP contribution in [0, 0.1) is 5.92 Å². The lowest BCUT2D eigenvalue weighted by atomic mass is 10.0. The fourth-order valence-electron chi connectivity index (χ4n) is 1.47. The Bertz CT molecular complexity index is 70.6. The second-order valence-corrected chi connectivity index (χ2v) is 4.00. The Balaban J connectivity index is 2.25. The van der Waals surface area contributed by atoms with Crippen LogP contribution in [0.2, 0.25) is 0 Å². The molecule has 0 nitrogen and oxygen atoms in total. The van der Waals surface area contributed by atoms with Crippen LogP contribution in [0.25, 0.3) is 0 Å². The van der Waals surface area contributed by atoms with Gasteiger partial charge in [-0.1, -0.05) is 19.8 Å². The minimum atomic E-state index is 0.704. The van der Waals surface area contributed by atoms with E-state index >= 15 is 0 Å². The van der Waals surface area contributed by atoms with Crippen molar-refractivity contribution in [2.45, 2.75) is 44.3 Å². The van der Waals surface area contributed by atoms with Crippen LogP contribution in [-0.2, 0) is 0 Å². The maximum Gasteiger partial charge on any atom is 0.00169 e. The van der Waals surface area contributed by atoms with Gasteiger partial charge in [-0.05, 0) is 25.2 Å². The molecule has 2 atom stereocenters. The van der Waals surface area contributed by atoms with E-state index in [2.05, 4.69) is 19.6 Å². The lowest BCUT2D eigenvalue weighted by Gasteiger charge is -2.04. The summed E-state index contributed by atoms with van der Waals surface area (Å²) in [6, 6.07) is 0. The van der Waals surface area contributed by atoms with Gasteiger partial charge in [0.15, 0.2) is 0 Å². The molecule has 0 saturated heterocycles. The van der Waals surface area contributed by atoms with E-state index in [0.29, 0.717) is 5.25 Å². The van der Waals surface area contributed by atoms with E-state index in [1.807, 2.05) is 0 Å². The molecule has 0 heterocycles. The van der Waals surface area contributed by atoms with E-state index in [1.54, 1.807) is 0 Å². The summed E-state index contributed by atoms with van der Waals surface area (Å²) in [5, 5.41) is 0.704. The normalized spacial score (nSPS) is 38.0. The first-order chi connectivity index (χ1) is 4.29. The van der Waals surface area contributed by atoms with E-state index in [-0.39, 0.29) is 0 Å². The Morgan fingerprint density at radius 2 is 1.89 bits per heavy atom. The van der Waals surface area contributed by atoms with Crippen molar-refractivity contribution in [3.63, 3.8) is 0 Å². The molecule has 1 aliphatic rings. The highest BCUT2D eigenvalue weighted by Crippen LogP contribution is 2.25. The van der Waals surface area contributed by atoms with E-state index < -0.39 is 0 Å². The lowest BCUT2D eigenvalue weighted by molar-refractivity contribution is 0.505. The number of hydrogen-bond donors (Lipinski definition) is 1. The minimum Gasteiger partial charge on any atom is -0.176 e. The fraction of sp³-hybridized carbons (Fsp3) is 1.00. The topological polar surface area (TPSA) is 0 Å². The maximum atomic E-state index is 4.47. The number of rotatable bonds is 0. The van der Waals surface area contributed by atoms with Gasteiger partial charge in [0.25, 0.3) is 0 Å². The summed E-state index contributed by atoms with van der Waals surface area (Å²) in [6.07, 6.45) is 6.90. The Morgan fingerprint density at radius 3 is 2.67 bits per heavy atom. The Labute approximate surface area is 63.4 Å². The molecular formula is C8H16S. The first kappa shape index (κ1) is 7.46. The average Bonchev–Trinajstić information content (AvgIpc) is 1.97. The van der Waals surface area contributed by atoms with Crippen LogP contribution in [0.1, 0.15) is 39.0 Å². The standard InChI is InChI=1S/C8H16S/c1-7-3-2-4-8(9)6-5-7/h7-9H,2-6H2,1H3. The van der Waals surface area contributed by atoms with Gasteiger partial charge in [-0.15, -0.1) is 0 Å². The molecule has 0 amide bonds. The molecule has 1 saturated carbocycles. The molecule has 2 unspecified atom stereocenters. The Hall–Kier alpha value is 0.350. The van der Waals surface area contributed by atoms with Crippen LogP contribution in [0.3, 0.4) is 0 Å². The third-order valence-corrected chi connectivity index (χ3v) is 2.74. The molecule has 1 fully saturated rings. The first-order valence-corrected chi connectivity index (χ1v) is 4.48. The lowest BCUT2D eigenvalue weighted by Crippen LogP contribution is -1.94. The zero-order valence-electron chi connectivity index (χ0n) is 6.14. The SMILES string of the molecule is CC1CCCC(S)CC1. The summed E-state index contributed by atoms with van der Waals surface area (Å²) in [7, 11) is 0. The molecule has 0 bridgehead atoms. The van der Waals surface area contributed by atoms with Crippen molar-refractivity contribution < 1.29 is 0 Å². The highest BCUT2D eigenvalue weighted by Gasteiger charge is 2.11. The van der Waals surface area contributed by atoms with Crippen LogP contribution >= 0.6 is 12.6 Å². The van der Waals surface area contributed by atoms with Gasteiger partial charge in [-0.25, -0.2) is 0 Å². The second kappa shape index (κ2) is 3.50. The van der Waals surface area contributed by atoms with Crippen molar-refractivity contribution in [2.75, 3.05) is 0 Å². The predicted octanol–water partition coefficient (Wildman–Crippen LogP) is 2.89. The summed E-state index contributed by atoms with van der Waals surface area (Å²) < 4.78 is 0. The zero-order valence-corrected chi connectivity index (χ0v) is 7.03. The van der Waals surface area contributed by atoms with E-state index in [0.717, 1.165) is 5.92 Å². The van der Waals surface area contributed by atoms with Gasteiger partial charge in [-0.3, -0.25) is 0 Å². The average molecular weight is 144 g/mol. The summed E-state index contributed by atoms with van der Waals surface area (Å²) in [5.41, 5.74) is 0. The third-order valence-electron chi connectivity index (χ3n) is 2.23. The van der Waals surface area contributed by atoms with Gasteiger partial charge in [0.05, 0.1) is 0 Å². The van der Waals surface area contributed by atoms with Crippen molar-refractivity contribution in [1.82, 2.24) is 0 Å². The Kier molecular flexibility index (Phi) is 2.90.